The molecular formula is C19H24N2O2. The Morgan fingerprint density at radius 1 is 1.09 bits per heavy atom. The minimum atomic E-state index is 0.324. The first-order chi connectivity index (χ1) is 11.3. The second kappa shape index (κ2) is 7.36. The summed E-state index contributed by atoms with van der Waals surface area (Å²) in [5.74, 6) is 1.65. The Morgan fingerprint density at radius 2 is 1.83 bits per heavy atom. The van der Waals surface area contributed by atoms with E-state index in [1.54, 1.807) is 7.11 Å². The topological polar surface area (TPSA) is 34.6 Å². The van der Waals surface area contributed by atoms with Gasteiger partial charge in [-0.3, -0.25) is 4.98 Å². The zero-order valence-corrected chi connectivity index (χ0v) is 13.9. The standard InChI is InChI=1S/C19H24N2O2/c1-21(14-15-9-11-20-12-10-15)16-7-8-18(22-2)19(13-16)23-17-5-3-4-6-17/h7-13,17H,3-6,14H2,1-2H3. The molecule has 0 N–H and O–H groups in total. The number of pyridine rings is 1. The number of aromatic nitrogens is 1. The van der Waals surface area contributed by atoms with Gasteiger partial charge in [-0.05, 0) is 55.5 Å². The molecule has 0 aliphatic heterocycles. The Morgan fingerprint density at radius 3 is 2.52 bits per heavy atom. The largest absolute Gasteiger partial charge is 0.493 e. The molecule has 2 aromatic rings. The summed E-state index contributed by atoms with van der Waals surface area (Å²) in [5, 5.41) is 0. The average Bonchev–Trinajstić information content (AvgIpc) is 3.09. The first-order valence-corrected chi connectivity index (χ1v) is 8.21. The lowest BCUT2D eigenvalue weighted by Gasteiger charge is -2.22. The summed E-state index contributed by atoms with van der Waals surface area (Å²) >= 11 is 0. The fourth-order valence-electron chi connectivity index (χ4n) is 3.03. The van der Waals surface area contributed by atoms with Gasteiger partial charge >= 0.3 is 0 Å². The van der Waals surface area contributed by atoms with Crippen LogP contribution < -0.4 is 14.4 Å². The molecule has 3 rings (SSSR count). The van der Waals surface area contributed by atoms with E-state index in [9.17, 15) is 0 Å². The van der Waals surface area contributed by atoms with Crippen LogP contribution in [-0.2, 0) is 6.54 Å². The highest BCUT2D eigenvalue weighted by Crippen LogP contribution is 2.35. The monoisotopic (exact) mass is 312 g/mol. The molecule has 1 fully saturated rings. The van der Waals surface area contributed by atoms with Gasteiger partial charge in [0.25, 0.3) is 0 Å². The van der Waals surface area contributed by atoms with Gasteiger partial charge in [0.1, 0.15) is 0 Å². The summed E-state index contributed by atoms with van der Waals surface area (Å²) in [4.78, 5) is 6.27. The van der Waals surface area contributed by atoms with Crippen molar-refractivity contribution in [3.05, 3.63) is 48.3 Å². The minimum Gasteiger partial charge on any atom is -0.493 e. The van der Waals surface area contributed by atoms with Gasteiger partial charge in [0.2, 0.25) is 0 Å². The highest BCUT2D eigenvalue weighted by molar-refractivity contribution is 5.56. The quantitative estimate of drug-likeness (QED) is 0.806. The van der Waals surface area contributed by atoms with Crippen LogP contribution in [0.2, 0.25) is 0 Å². The maximum atomic E-state index is 6.18. The first-order valence-electron chi connectivity index (χ1n) is 8.21. The van der Waals surface area contributed by atoms with Gasteiger partial charge in [-0.2, -0.15) is 0 Å². The van der Waals surface area contributed by atoms with E-state index in [1.807, 2.05) is 30.6 Å². The summed E-state index contributed by atoms with van der Waals surface area (Å²) in [5.41, 5.74) is 2.35. The molecule has 1 aromatic heterocycles. The van der Waals surface area contributed by atoms with Gasteiger partial charge in [0, 0.05) is 37.7 Å². The molecule has 1 aliphatic carbocycles. The third-order valence-electron chi connectivity index (χ3n) is 4.35. The van der Waals surface area contributed by atoms with Crippen molar-refractivity contribution in [2.24, 2.45) is 0 Å². The molecule has 4 nitrogen and oxygen atoms in total. The molecule has 0 unspecified atom stereocenters. The zero-order chi connectivity index (χ0) is 16.1. The molecule has 0 spiro atoms. The Bertz CT molecular complexity index is 625. The number of anilines is 1. The molecule has 1 heterocycles. The fourth-order valence-corrected chi connectivity index (χ4v) is 3.03. The maximum absolute atomic E-state index is 6.18. The average molecular weight is 312 g/mol. The highest BCUT2D eigenvalue weighted by atomic mass is 16.5. The molecule has 4 heteroatoms. The van der Waals surface area contributed by atoms with Crippen molar-refractivity contribution in [2.75, 3.05) is 19.1 Å². The second-order valence-corrected chi connectivity index (χ2v) is 6.07. The number of hydrogen-bond acceptors (Lipinski definition) is 4. The van der Waals surface area contributed by atoms with Crippen LogP contribution in [0.1, 0.15) is 31.2 Å². The van der Waals surface area contributed by atoms with E-state index < -0.39 is 0 Å². The van der Waals surface area contributed by atoms with E-state index in [0.29, 0.717) is 6.10 Å². The lowest BCUT2D eigenvalue weighted by molar-refractivity contribution is 0.201. The van der Waals surface area contributed by atoms with E-state index >= 15 is 0 Å². The molecule has 0 bridgehead atoms. The molecular weight excluding hydrogens is 288 g/mol. The van der Waals surface area contributed by atoms with Crippen LogP contribution in [0.4, 0.5) is 5.69 Å². The smallest absolute Gasteiger partial charge is 0.163 e. The van der Waals surface area contributed by atoms with Crippen molar-refractivity contribution in [3.63, 3.8) is 0 Å². The van der Waals surface area contributed by atoms with E-state index in [4.69, 9.17) is 9.47 Å². The summed E-state index contributed by atoms with van der Waals surface area (Å²) in [7, 11) is 3.78. The van der Waals surface area contributed by atoms with E-state index in [2.05, 4.69) is 29.1 Å². The van der Waals surface area contributed by atoms with Crippen LogP contribution >= 0.6 is 0 Å². The van der Waals surface area contributed by atoms with Crippen molar-refractivity contribution < 1.29 is 9.47 Å². The van der Waals surface area contributed by atoms with Crippen molar-refractivity contribution >= 4 is 5.69 Å². The second-order valence-electron chi connectivity index (χ2n) is 6.07. The molecule has 1 aliphatic rings. The third kappa shape index (κ3) is 3.95. The number of nitrogens with zero attached hydrogens (tertiary/aromatic N) is 2. The third-order valence-corrected chi connectivity index (χ3v) is 4.35. The molecule has 0 radical (unpaired) electrons. The van der Waals surface area contributed by atoms with E-state index in [0.717, 1.165) is 36.6 Å². The van der Waals surface area contributed by atoms with Crippen LogP contribution in [0.3, 0.4) is 0 Å². The molecule has 1 saturated carbocycles. The summed E-state index contributed by atoms with van der Waals surface area (Å²) in [6.07, 6.45) is 8.77. The number of benzene rings is 1. The lowest BCUT2D eigenvalue weighted by Crippen LogP contribution is -2.17. The molecule has 0 atom stereocenters. The van der Waals surface area contributed by atoms with Gasteiger partial charge in [-0.15, -0.1) is 0 Å². The predicted molar refractivity (Wildman–Crippen MR) is 92.2 cm³/mol. The zero-order valence-electron chi connectivity index (χ0n) is 13.9. The molecule has 0 saturated heterocycles. The van der Waals surface area contributed by atoms with Crippen molar-refractivity contribution in [2.45, 2.75) is 38.3 Å². The lowest BCUT2D eigenvalue weighted by atomic mass is 10.2. The van der Waals surface area contributed by atoms with Crippen molar-refractivity contribution in [1.82, 2.24) is 4.98 Å². The normalized spacial score (nSPS) is 14.7. The van der Waals surface area contributed by atoms with E-state index in [1.165, 1.54) is 18.4 Å². The van der Waals surface area contributed by atoms with Gasteiger partial charge in [-0.25, -0.2) is 0 Å². The van der Waals surface area contributed by atoms with Crippen molar-refractivity contribution in [3.8, 4) is 11.5 Å². The van der Waals surface area contributed by atoms with Gasteiger partial charge in [0.05, 0.1) is 13.2 Å². The Balaban J connectivity index is 1.76. The van der Waals surface area contributed by atoms with Crippen LogP contribution in [-0.4, -0.2) is 25.2 Å². The molecule has 1 aromatic carbocycles. The van der Waals surface area contributed by atoms with Crippen molar-refractivity contribution in [1.29, 1.82) is 0 Å². The van der Waals surface area contributed by atoms with Crippen LogP contribution in [0.5, 0.6) is 11.5 Å². The predicted octanol–water partition coefficient (Wildman–Crippen LogP) is 4.05. The summed E-state index contributed by atoms with van der Waals surface area (Å²) in [6.45, 7) is 0.831. The van der Waals surface area contributed by atoms with Crippen LogP contribution in [0.25, 0.3) is 0 Å². The molecule has 23 heavy (non-hydrogen) atoms. The summed E-state index contributed by atoms with van der Waals surface area (Å²) in [6, 6.07) is 10.2. The van der Waals surface area contributed by atoms with Crippen LogP contribution in [0.15, 0.2) is 42.7 Å². The number of methoxy groups -OCH3 is 1. The Hall–Kier alpha value is -2.23. The van der Waals surface area contributed by atoms with E-state index in [-0.39, 0.29) is 0 Å². The maximum Gasteiger partial charge on any atom is 0.163 e. The SMILES string of the molecule is COc1ccc(N(C)Cc2ccncc2)cc1OC1CCCC1. The van der Waals surface area contributed by atoms with Gasteiger partial charge < -0.3 is 14.4 Å². The molecule has 122 valence electrons. The van der Waals surface area contributed by atoms with Gasteiger partial charge in [-0.1, -0.05) is 0 Å². The number of ether oxygens (including phenoxy) is 2. The number of rotatable bonds is 6. The Kier molecular flexibility index (Phi) is 5.01. The minimum absolute atomic E-state index is 0.324. The summed E-state index contributed by atoms with van der Waals surface area (Å²) < 4.78 is 11.6. The first kappa shape index (κ1) is 15.7. The molecule has 0 amide bonds. The number of hydrogen-bond donors (Lipinski definition) is 0. The van der Waals surface area contributed by atoms with Gasteiger partial charge in [0.15, 0.2) is 11.5 Å². The Labute approximate surface area is 138 Å². The highest BCUT2D eigenvalue weighted by Gasteiger charge is 2.19. The fraction of sp³-hybridized carbons (Fsp3) is 0.421. The van der Waals surface area contributed by atoms with Crippen LogP contribution in [0, 0.1) is 0 Å².